The second-order valence-electron chi connectivity index (χ2n) is 5.04. The van der Waals surface area contributed by atoms with Gasteiger partial charge in [-0.15, -0.1) is 0 Å². The zero-order chi connectivity index (χ0) is 13.1. The smallest absolute Gasteiger partial charge is 0.303 e. The molecule has 0 aliphatic heterocycles. The van der Waals surface area contributed by atoms with E-state index in [0.717, 1.165) is 19.5 Å². The van der Waals surface area contributed by atoms with Crippen molar-refractivity contribution in [2.75, 3.05) is 13.1 Å². The zero-order valence-corrected chi connectivity index (χ0v) is 11.7. The van der Waals surface area contributed by atoms with Gasteiger partial charge in [0.2, 0.25) is 0 Å². The zero-order valence-electron chi connectivity index (χ0n) is 11.7. The molecule has 0 rings (SSSR count). The van der Waals surface area contributed by atoms with Crippen LogP contribution < -0.4 is 0 Å². The summed E-state index contributed by atoms with van der Waals surface area (Å²) < 4.78 is 0. The summed E-state index contributed by atoms with van der Waals surface area (Å²) >= 11 is 0. The van der Waals surface area contributed by atoms with E-state index in [2.05, 4.69) is 25.7 Å². The Hall–Kier alpha value is -0.570. The minimum absolute atomic E-state index is 0.291. The highest BCUT2D eigenvalue weighted by molar-refractivity contribution is 5.66. The highest BCUT2D eigenvalue weighted by Crippen LogP contribution is 2.07. The summed E-state index contributed by atoms with van der Waals surface area (Å²) in [4.78, 5) is 12.9. The van der Waals surface area contributed by atoms with E-state index in [1.165, 1.54) is 32.1 Å². The number of carbonyl (C=O) groups is 1. The van der Waals surface area contributed by atoms with Crippen molar-refractivity contribution in [1.29, 1.82) is 0 Å². The molecular formula is C14H29NO2. The molecule has 0 radical (unpaired) electrons. The van der Waals surface area contributed by atoms with E-state index >= 15 is 0 Å². The van der Waals surface area contributed by atoms with Gasteiger partial charge in [-0.1, -0.05) is 32.6 Å². The van der Waals surface area contributed by atoms with Crippen molar-refractivity contribution in [3.63, 3.8) is 0 Å². The van der Waals surface area contributed by atoms with E-state index in [9.17, 15) is 4.79 Å². The summed E-state index contributed by atoms with van der Waals surface area (Å²) in [6.45, 7) is 8.63. The number of hydrogen-bond donors (Lipinski definition) is 1. The van der Waals surface area contributed by atoms with Gasteiger partial charge in [0.15, 0.2) is 0 Å². The highest BCUT2D eigenvalue weighted by atomic mass is 16.4. The van der Waals surface area contributed by atoms with Crippen LogP contribution in [0.4, 0.5) is 0 Å². The van der Waals surface area contributed by atoms with E-state index in [4.69, 9.17) is 5.11 Å². The minimum Gasteiger partial charge on any atom is -0.481 e. The third-order valence-corrected chi connectivity index (χ3v) is 3.12. The Labute approximate surface area is 106 Å². The van der Waals surface area contributed by atoms with Crippen LogP contribution in [-0.4, -0.2) is 35.1 Å². The summed E-state index contributed by atoms with van der Waals surface area (Å²) in [6.07, 6.45) is 7.55. The highest BCUT2D eigenvalue weighted by Gasteiger charge is 2.09. The first-order chi connectivity index (χ1) is 8.07. The quantitative estimate of drug-likeness (QED) is 0.564. The predicted octanol–water partition coefficient (Wildman–Crippen LogP) is 3.53. The molecule has 0 unspecified atom stereocenters. The van der Waals surface area contributed by atoms with Crippen LogP contribution in [0.3, 0.4) is 0 Å². The SMILES string of the molecule is CCCCCCCN(CCCC(=O)O)C(C)C. The molecule has 1 N–H and O–H groups in total. The average Bonchev–Trinajstić information content (AvgIpc) is 2.25. The van der Waals surface area contributed by atoms with Gasteiger partial charge in [0, 0.05) is 12.5 Å². The van der Waals surface area contributed by atoms with Crippen LogP contribution in [0.15, 0.2) is 0 Å². The first-order valence-electron chi connectivity index (χ1n) is 7.03. The van der Waals surface area contributed by atoms with Crippen molar-refractivity contribution in [1.82, 2.24) is 4.90 Å². The van der Waals surface area contributed by atoms with Gasteiger partial charge in [0.1, 0.15) is 0 Å². The molecule has 3 heteroatoms. The van der Waals surface area contributed by atoms with Crippen molar-refractivity contribution < 1.29 is 9.90 Å². The predicted molar refractivity (Wildman–Crippen MR) is 72.3 cm³/mol. The van der Waals surface area contributed by atoms with Crippen LogP contribution in [0.25, 0.3) is 0 Å². The van der Waals surface area contributed by atoms with Crippen LogP contribution in [0.1, 0.15) is 65.7 Å². The van der Waals surface area contributed by atoms with E-state index in [-0.39, 0.29) is 0 Å². The molecule has 0 fully saturated rings. The molecule has 0 aromatic carbocycles. The lowest BCUT2D eigenvalue weighted by Crippen LogP contribution is -2.33. The van der Waals surface area contributed by atoms with Gasteiger partial charge in [0.25, 0.3) is 0 Å². The molecule has 17 heavy (non-hydrogen) atoms. The number of aliphatic carboxylic acids is 1. The lowest BCUT2D eigenvalue weighted by atomic mass is 10.1. The molecular weight excluding hydrogens is 214 g/mol. The Morgan fingerprint density at radius 3 is 2.18 bits per heavy atom. The standard InChI is InChI=1S/C14H29NO2/c1-4-5-6-7-8-11-15(13(2)3)12-9-10-14(16)17/h13H,4-12H2,1-3H3,(H,16,17). The van der Waals surface area contributed by atoms with Gasteiger partial charge in [-0.05, 0) is 39.8 Å². The van der Waals surface area contributed by atoms with Crippen molar-refractivity contribution in [3.8, 4) is 0 Å². The Balaban J connectivity index is 3.64. The molecule has 0 amide bonds. The molecule has 0 saturated carbocycles. The van der Waals surface area contributed by atoms with E-state index in [0.29, 0.717) is 12.5 Å². The number of unbranched alkanes of at least 4 members (excludes halogenated alkanes) is 4. The largest absolute Gasteiger partial charge is 0.481 e. The van der Waals surface area contributed by atoms with Gasteiger partial charge in [-0.2, -0.15) is 0 Å². The molecule has 102 valence electrons. The first kappa shape index (κ1) is 16.4. The molecule has 0 aliphatic rings. The first-order valence-corrected chi connectivity index (χ1v) is 7.03. The Bertz CT molecular complexity index is 193. The van der Waals surface area contributed by atoms with Crippen LogP contribution in [0, 0.1) is 0 Å². The van der Waals surface area contributed by atoms with E-state index < -0.39 is 5.97 Å². The molecule has 0 atom stereocenters. The van der Waals surface area contributed by atoms with Crippen molar-refractivity contribution in [3.05, 3.63) is 0 Å². The maximum absolute atomic E-state index is 10.5. The normalized spacial score (nSPS) is 11.4. The average molecular weight is 243 g/mol. The number of nitrogens with zero attached hydrogens (tertiary/aromatic N) is 1. The van der Waals surface area contributed by atoms with Crippen LogP contribution >= 0.6 is 0 Å². The van der Waals surface area contributed by atoms with E-state index in [1.54, 1.807) is 0 Å². The molecule has 0 aromatic heterocycles. The molecule has 0 spiro atoms. The fraction of sp³-hybridized carbons (Fsp3) is 0.929. The van der Waals surface area contributed by atoms with Gasteiger partial charge in [-0.25, -0.2) is 0 Å². The van der Waals surface area contributed by atoms with E-state index in [1.807, 2.05) is 0 Å². The maximum atomic E-state index is 10.5. The summed E-state index contributed by atoms with van der Waals surface area (Å²) in [7, 11) is 0. The third kappa shape index (κ3) is 10.3. The maximum Gasteiger partial charge on any atom is 0.303 e. The topological polar surface area (TPSA) is 40.5 Å². The fourth-order valence-corrected chi connectivity index (χ4v) is 1.98. The molecule has 0 bridgehead atoms. The Kier molecular flexibility index (Phi) is 10.2. The monoisotopic (exact) mass is 243 g/mol. The van der Waals surface area contributed by atoms with Crippen molar-refractivity contribution in [2.24, 2.45) is 0 Å². The van der Waals surface area contributed by atoms with Gasteiger partial charge in [0.05, 0.1) is 0 Å². The Morgan fingerprint density at radius 1 is 1.06 bits per heavy atom. The van der Waals surface area contributed by atoms with Crippen LogP contribution in [0.5, 0.6) is 0 Å². The second-order valence-corrected chi connectivity index (χ2v) is 5.04. The third-order valence-electron chi connectivity index (χ3n) is 3.12. The van der Waals surface area contributed by atoms with Gasteiger partial charge in [-0.3, -0.25) is 4.79 Å². The number of hydrogen-bond acceptors (Lipinski definition) is 2. The van der Waals surface area contributed by atoms with Crippen molar-refractivity contribution in [2.45, 2.75) is 71.8 Å². The lowest BCUT2D eigenvalue weighted by molar-refractivity contribution is -0.137. The minimum atomic E-state index is -0.684. The number of carboxylic acid groups (broad SMARTS) is 1. The number of carboxylic acids is 1. The van der Waals surface area contributed by atoms with Gasteiger partial charge >= 0.3 is 5.97 Å². The molecule has 0 saturated heterocycles. The molecule has 0 aromatic rings. The number of rotatable bonds is 11. The summed E-state index contributed by atoms with van der Waals surface area (Å²) in [6, 6.07) is 0.523. The van der Waals surface area contributed by atoms with Crippen LogP contribution in [-0.2, 0) is 4.79 Å². The molecule has 3 nitrogen and oxygen atoms in total. The second kappa shape index (κ2) is 10.6. The fourth-order valence-electron chi connectivity index (χ4n) is 1.98. The van der Waals surface area contributed by atoms with Crippen molar-refractivity contribution >= 4 is 5.97 Å². The van der Waals surface area contributed by atoms with Crippen LogP contribution in [0.2, 0.25) is 0 Å². The summed E-state index contributed by atoms with van der Waals surface area (Å²) in [5.41, 5.74) is 0. The molecule has 0 heterocycles. The summed E-state index contributed by atoms with van der Waals surface area (Å²) in [5, 5.41) is 8.62. The molecule has 0 aliphatic carbocycles. The Morgan fingerprint density at radius 2 is 1.65 bits per heavy atom. The summed E-state index contributed by atoms with van der Waals surface area (Å²) in [5.74, 6) is -0.684. The van der Waals surface area contributed by atoms with Gasteiger partial charge < -0.3 is 10.0 Å². The lowest BCUT2D eigenvalue weighted by Gasteiger charge is -2.26.